The van der Waals surface area contributed by atoms with Crippen LogP contribution < -0.4 is 5.32 Å². The Labute approximate surface area is 89.7 Å². The smallest absolute Gasteiger partial charge is 0.0245 e. The average Bonchev–Trinajstić information content (AvgIpc) is 2.19. The van der Waals surface area contributed by atoms with E-state index in [-0.39, 0.29) is 0 Å². The standard InChI is InChI=1S/C13H25N/c1-5-8-11-13(14-4)12(9-6-2)10-7-3/h12-14H,6-7,9-11H2,1-4H3. The molecule has 0 fully saturated rings. The highest BCUT2D eigenvalue weighted by Crippen LogP contribution is 2.19. The largest absolute Gasteiger partial charge is 0.316 e. The molecule has 0 rings (SSSR count). The number of rotatable bonds is 7. The molecule has 1 unspecified atom stereocenters. The van der Waals surface area contributed by atoms with E-state index in [1.807, 2.05) is 6.92 Å². The molecule has 1 heteroatoms. The van der Waals surface area contributed by atoms with Gasteiger partial charge in [0.2, 0.25) is 0 Å². The maximum Gasteiger partial charge on any atom is 0.0245 e. The molecule has 0 saturated heterocycles. The van der Waals surface area contributed by atoms with Crippen molar-refractivity contribution in [1.82, 2.24) is 5.32 Å². The number of nitrogens with one attached hydrogen (secondary N) is 1. The summed E-state index contributed by atoms with van der Waals surface area (Å²) in [5, 5.41) is 3.40. The van der Waals surface area contributed by atoms with Crippen LogP contribution in [0, 0.1) is 17.8 Å². The zero-order valence-electron chi connectivity index (χ0n) is 10.2. The van der Waals surface area contributed by atoms with Gasteiger partial charge in [-0.3, -0.25) is 0 Å². The minimum absolute atomic E-state index is 0.586. The lowest BCUT2D eigenvalue weighted by Gasteiger charge is -2.24. The van der Waals surface area contributed by atoms with Crippen LogP contribution in [0.15, 0.2) is 0 Å². The van der Waals surface area contributed by atoms with Gasteiger partial charge in [0.1, 0.15) is 0 Å². The van der Waals surface area contributed by atoms with E-state index >= 15 is 0 Å². The Balaban J connectivity index is 4.14. The monoisotopic (exact) mass is 195 g/mol. The maximum atomic E-state index is 3.40. The summed E-state index contributed by atoms with van der Waals surface area (Å²) in [6.07, 6.45) is 6.21. The molecule has 0 spiro atoms. The van der Waals surface area contributed by atoms with Crippen molar-refractivity contribution in [3.63, 3.8) is 0 Å². The van der Waals surface area contributed by atoms with Crippen molar-refractivity contribution in [1.29, 1.82) is 0 Å². The van der Waals surface area contributed by atoms with Gasteiger partial charge in [-0.25, -0.2) is 0 Å². The fourth-order valence-corrected chi connectivity index (χ4v) is 2.00. The van der Waals surface area contributed by atoms with Crippen LogP contribution >= 0.6 is 0 Å². The normalized spacial score (nSPS) is 12.4. The first kappa shape index (κ1) is 13.5. The van der Waals surface area contributed by atoms with Gasteiger partial charge in [0.25, 0.3) is 0 Å². The molecule has 1 N–H and O–H groups in total. The first-order valence-electron chi connectivity index (χ1n) is 5.86. The fraction of sp³-hybridized carbons (Fsp3) is 0.846. The van der Waals surface area contributed by atoms with Crippen LogP contribution in [-0.2, 0) is 0 Å². The summed E-state index contributed by atoms with van der Waals surface area (Å²) >= 11 is 0. The van der Waals surface area contributed by atoms with Crippen molar-refractivity contribution < 1.29 is 0 Å². The third-order valence-corrected chi connectivity index (χ3v) is 2.76. The topological polar surface area (TPSA) is 12.0 Å². The van der Waals surface area contributed by atoms with Gasteiger partial charge >= 0.3 is 0 Å². The maximum absolute atomic E-state index is 3.40. The summed E-state index contributed by atoms with van der Waals surface area (Å²) < 4.78 is 0. The van der Waals surface area contributed by atoms with E-state index in [0.29, 0.717) is 6.04 Å². The Kier molecular flexibility index (Phi) is 8.78. The molecule has 0 aliphatic carbocycles. The Morgan fingerprint density at radius 2 is 1.71 bits per heavy atom. The van der Waals surface area contributed by atoms with E-state index in [1.54, 1.807) is 0 Å². The van der Waals surface area contributed by atoms with E-state index in [9.17, 15) is 0 Å². The molecular formula is C13H25N. The van der Waals surface area contributed by atoms with E-state index < -0.39 is 0 Å². The van der Waals surface area contributed by atoms with Crippen LogP contribution in [0.5, 0.6) is 0 Å². The number of hydrogen-bond donors (Lipinski definition) is 1. The predicted octanol–water partition coefficient (Wildman–Crippen LogP) is 3.20. The second-order valence-corrected chi connectivity index (χ2v) is 3.86. The van der Waals surface area contributed by atoms with E-state index in [1.165, 1.54) is 25.7 Å². The van der Waals surface area contributed by atoms with Gasteiger partial charge in [-0.2, -0.15) is 0 Å². The number of hydrogen-bond acceptors (Lipinski definition) is 1. The van der Waals surface area contributed by atoms with Crippen LogP contribution in [0.1, 0.15) is 52.9 Å². The molecule has 82 valence electrons. The van der Waals surface area contributed by atoms with Gasteiger partial charge in [0, 0.05) is 12.5 Å². The Hall–Kier alpha value is -0.480. The highest BCUT2D eigenvalue weighted by molar-refractivity contribution is 4.99. The lowest BCUT2D eigenvalue weighted by atomic mass is 9.89. The lowest BCUT2D eigenvalue weighted by molar-refractivity contribution is 0.328. The summed E-state index contributed by atoms with van der Waals surface area (Å²) in [5.41, 5.74) is 0. The summed E-state index contributed by atoms with van der Waals surface area (Å²) in [4.78, 5) is 0. The summed E-state index contributed by atoms with van der Waals surface area (Å²) in [6.45, 7) is 6.45. The molecule has 0 saturated carbocycles. The van der Waals surface area contributed by atoms with Crippen molar-refractivity contribution in [2.75, 3.05) is 7.05 Å². The van der Waals surface area contributed by atoms with Gasteiger partial charge in [0.15, 0.2) is 0 Å². The van der Waals surface area contributed by atoms with E-state index in [0.717, 1.165) is 12.3 Å². The lowest BCUT2D eigenvalue weighted by Crippen LogP contribution is -2.33. The molecule has 14 heavy (non-hydrogen) atoms. The Morgan fingerprint density at radius 1 is 1.14 bits per heavy atom. The molecule has 0 amide bonds. The molecule has 1 nitrogen and oxygen atoms in total. The fourth-order valence-electron chi connectivity index (χ4n) is 2.00. The third-order valence-electron chi connectivity index (χ3n) is 2.76. The van der Waals surface area contributed by atoms with Crippen molar-refractivity contribution in [2.45, 2.75) is 58.9 Å². The van der Waals surface area contributed by atoms with Crippen molar-refractivity contribution in [2.24, 2.45) is 5.92 Å². The zero-order chi connectivity index (χ0) is 10.8. The molecule has 0 bridgehead atoms. The van der Waals surface area contributed by atoms with Crippen LogP contribution in [0.25, 0.3) is 0 Å². The van der Waals surface area contributed by atoms with Gasteiger partial charge < -0.3 is 5.32 Å². The zero-order valence-corrected chi connectivity index (χ0v) is 10.2. The minimum atomic E-state index is 0.586. The molecule has 0 radical (unpaired) electrons. The summed E-state index contributed by atoms with van der Waals surface area (Å²) in [5.74, 6) is 6.97. The van der Waals surface area contributed by atoms with Crippen LogP contribution in [0.4, 0.5) is 0 Å². The van der Waals surface area contributed by atoms with Gasteiger partial charge in [-0.05, 0) is 32.7 Å². The average molecular weight is 195 g/mol. The van der Waals surface area contributed by atoms with E-state index in [4.69, 9.17) is 0 Å². The minimum Gasteiger partial charge on any atom is -0.316 e. The van der Waals surface area contributed by atoms with Gasteiger partial charge in [-0.15, -0.1) is 11.8 Å². The highest BCUT2D eigenvalue weighted by Gasteiger charge is 2.16. The first-order chi connectivity index (χ1) is 6.79. The molecule has 0 aromatic carbocycles. The summed E-state index contributed by atoms with van der Waals surface area (Å²) in [7, 11) is 2.06. The molecular weight excluding hydrogens is 170 g/mol. The van der Waals surface area contributed by atoms with Crippen LogP contribution in [0.2, 0.25) is 0 Å². The third kappa shape index (κ3) is 5.29. The van der Waals surface area contributed by atoms with Gasteiger partial charge in [-0.1, -0.05) is 26.7 Å². The Morgan fingerprint density at radius 3 is 2.07 bits per heavy atom. The molecule has 0 aliphatic rings. The van der Waals surface area contributed by atoms with Crippen molar-refractivity contribution in [3.8, 4) is 11.8 Å². The quantitative estimate of drug-likeness (QED) is 0.615. The van der Waals surface area contributed by atoms with Crippen LogP contribution in [-0.4, -0.2) is 13.1 Å². The highest BCUT2D eigenvalue weighted by atomic mass is 14.9. The molecule has 0 aromatic rings. The second kappa shape index (κ2) is 9.09. The molecule has 0 aromatic heterocycles. The first-order valence-corrected chi connectivity index (χ1v) is 5.86. The SMILES string of the molecule is CC#CCC(NC)C(CCC)CCC. The Bertz CT molecular complexity index is 169. The molecule has 1 atom stereocenters. The molecule has 0 heterocycles. The van der Waals surface area contributed by atoms with E-state index in [2.05, 4.69) is 38.1 Å². The predicted molar refractivity (Wildman–Crippen MR) is 64.2 cm³/mol. The second-order valence-electron chi connectivity index (χ2n) is 3.86. The van der Waals surface area contributed by atoms with Crippen LogP contribution in [0.3, 0.4) is 0 Å². The molecule has 0 aliphatic heterocycles. The van der Waals surface area contributed by atoms with Crippen molar-refractivity contribution in [3.05, 3.63) is 0 Å². The van der Waals surface area contributed by atoms with Gasteiger partial charge in [0.05, 0.1) is 0 Å². The van der Waals surface area contributed by atoms with Crippen molar-refractivity contribution >= 4 is 0 Å². The summed E-state index contributed by atoms with van der Waals surface area (Å²) in [6, 6.07) is 0.586.